The van der Waals surface area contributed by atoms with Crippen molar-refractivity contribution in [2.24, 2.45) is 0 Å². The Morgan fingerprint density at radius 1 is 1.18 bits per heavy atom. The van der Waals surface area contributed by atoms with Crippen molar-refractivity contribution in [3.05, 3.63) is 84.8 Å². The number of halogens is 1. The number of nitrogens with one attached hydrogen (secondary N) is 3. The van der Waals surface area contributed by atoms with E-state index < -0.39 is 0 Å². The first-order valence-corrected chi connectivity index (χ1v) is 9.65. The molecule has 0 spiro atoms. The molecule has 0 radical (unpaired) electrons. The average molecular weight is 458 g/mol. The first-order chi connectivity index (χ1) is 13.5. The van der Waals surface area contributed by atoms with Crippen LogP contribution in [0.3, 0.4) is 0 Å². The summed E-state index contributed by atoms with van der Waals surface area (Å²) < 4.78 is 6.01. The third-order valence-corrected chi connectivity index (χ3v) is 5.41. The highest BCUT2D eigenvalue weighted by Gasteiger charge is 2.27. The maximum absolute atomic E-state index is 12.7. The summed E-state index contributed by atoms with van der Waals surface area (Å²) in [5, 5.41) is 13.4. The number of phenolic OH excluding ortho intramolecular Hbond substituents is 1. The van der Waals surface area contributed by atoms with Crippen LogP contribution in [0.5, 0.6) is 11.5 Å². The van der Waals surface area contributed by atoms with Crippen molar-refractivity contribution in [2.75, 3.05) is 12.4 Å². The zero-order valence-electron chi connectivity index (χ0n) is 14.7. The number of hydrogen-bond acceptors (Lipinski definition) is 5. The van der Waals surface area contributed by atoms with E-state index in [9.17, 15) is 9.90 Å². The maximum atomic E-state index is 12.7. The van der Waals surface area contributed by atoms with Crippen molar-refractivity contribution < 1.29 is 9.84 Å². The number of aromatic hydroxyl groups is 1. The number of hydrogen-bond donors (Lipinski definition) is 4. The monoisotopic (exact) mass is 457 g/mol. The molecule has 2 heterocycles. The largest absolute Gasteiger partial charge is 0.503 e. The summed E-state index contributed by atoms with van der Waals surface area (Å²) in [5.74, 6) is 0.490. The fourth-order valence-corrected chi connectivity index (χ4v) is 3.95. The third-order valence-electron chi connectivity index (χ3n) is 4.60. The lowest BCUT2D eigenvalue weighted by atomic mass is 9.88. The Labute approximate surface area is 174 Å². The predicted molar refractivity (Wildman–Crippen MR) is 114 cm³/mol. The number of aromatic nitrogens is 2. The van der Waals surface area contributed by atoms with Gasteiger partial charge in [-0.1, -0.05) is 30.3 Å². The Morgan fingerprint density at radius 2 is 1.93 bits per heavy atom. The number of fused-ring (bicyclic) bond motifs is 1. The number of rotatable bonds is 3. The van der Waals surface area contributed by atoms with Crippen LogP contribution in [0.15, 0.2) is 57.8 Å². The Kier molecular flexibility index (Phi) is 4.82. The Morgan fingerprint density at radius 3 is 2.64 bits per heavy atom. The fraction of sp³-hybridized carbons (Fsp3) is 0.100. The van der Waals surface area contributed by atoms with Crippen LogP contribution in [-0.4, -0.2) is 22.2 Å². The first-order valence-electron chi connectivity index (χ1n) is 8.45. The molecule has 1 unspecified atom stereocenters. The third kappa shape index (κ3) is 3.25. The molecule has 1 aliphatic rings. The lowest BCUT2D eigenvalue weighted by molar-refractivity contribution is 0.371. The molecule has 3 aromatic rings. The van der Waals surface area contributed by atoms with Crippen molar-refractivity contribution in [1.82, 2.24) is 9.97 Å². The molecule has 8 heteroatoms. The zero-order chi connectivity index (χ0) is 19.8. The van der Waals surface area contributed by atoms with Gasteiger partial charge in [-0.05, 0) is 57.5 Å². The summed E-state index contributed by atoms with van der Waals surface area (Å²) in [6, 6.07) is 13.3. The summed E-state index contributed by atoms with van der Waals surface area (Å²) in [7, 11) is 1.48. The van der Waals surface area contributed by atoms with Crippen LogP contribution in [0.25, 0.3) is 5.70 Å². The van der Waals surface area contributed by atoms with Crippen LogP contribution in [0.2, 0.25) is 0 Å². The van der Waals surface area contributed by atoms with Gasteiger partial charge in [-0.15, -0.1) is 0 Å². The lowest BCUT2D eigenvalue weighted by Crippen LogP contribution is -2.24. The number of ether oxygens (including phenoxy) is 1. The minimum absolute atomic E-state index is 0.00838. The van der Waals surface area contributed by atoms with Crippen LogP contribution in [0.4, 0.5) is 5.82 Å². The highest BCUT2D eigenvalue weighted by molar-refractivity contribution is 9.10. The van der Waals surface area contributed by atoms with Crippen LogP contribution < -0.4 is 15.6 Å². The molecular weight excluding hydrogens is 442 g/mol. The van der Waals surface area contributed by atoms with Gasteiger partial charge in [0, 0.05) is 11.6 Å². The number of H-pyrrole nitrogens is 2. The molecule has 0 saturated carbocycles. The predicted octanol–water partition coefficient (Wildman–Crippen LogP) is 4.51. The van der Waals surface area contributed by atoms with Gasteiger partial charge in [0.2, 0.25) is 0 Å². The molecule has 142 valence electrons. The lowest BCUT2D eigenvalue weighted by Gasteiger charge is -2.26. The number of aromatic amines is 2. The fourth-order valence-electron chi connectivity index (χ4n) is 3.30. The van der Waals surface area contributed by atoms with Crippen molar-refractivity contribution >= 4 is 39.7 Å². The van der Waals surface area contributed by atoms with Gasteiger partial charge in [0.1, 0.15) is 5.82 Å². The second-order valence-electron chi connectivity index (χ2n) is 6.30. The van der Waals surface area contributed by atoms with Crippen molar-refractivity contribution in [2.45, 2.75) is 5.92 Å². The number of benzene rings is 2. The van der Waals surface area contributed by atoms with E-state index in [1.807, 2.05) is 36.4 Å². The van der Waals surface area contributed by atoms with Crippen LogP contribution >= 0.6 is 28.1 Å². The van der Waals surface area contributed by atoms with Gasteiger partial charge in [0.15, 0.2) is 16.3 Å². The van der Waals surface area contributed by atoms with E-state index in [0.717, 1.165) is 16.8 Å². The van der Waals surface area contributed by atoms with E-state index in [1.165, 1.54) is 7.11 Å². The van der Waals surface area contributed by atoms with Crippen LogP contribution in [-0.2, 0) is 0 Å². The highest BCUT2D eigenvalue weighted by atomic mass is 79.9. The van der Waals surface area contributed by atoms with Gasteiger partial charge in [0.25, 0.3) is 5.56 Å². The van der Waals surface area contributed by atoms with E-state index in [0.29, 0.717) is 21.6 Å². The molecule has 6 nitrogen and oxygen atoms in total. The summed E-state index contributed by atoms with van der Waals surface area (Å²) in [5.41, 5.74) is 2.84. The Balaban J connectivity index is 1.96. The molecule has 0 aliphatic carbocycles. The minimum Gasteiger partial charge on any atom is -0.503 e. The summed E-state index contributed by atoms with van der Waals surface area (Å²) in [6.45, 7) is 0. The SMILES string of the molecule is COc1cc(C2C=C(c3ccccc3)Nc3[nH]c(=S)[nH]c(=O)c32)cc(Br)c1O. The van der Waals surface area contributed by atoms with Gasteiger partial charge in [0.05, 0.1) is 17.1 Å². The molecule has 4 N–H and O–H groups in total. The normalized spacial score (nSPS) is 15.4. The summed E-state index contributed by atoms with van der Waals surface area (Å²) >= 11 is 8.50. The maximum Gasteiger partial charge on any atom is 0.257 e. The van der Waals surface area contributed by atoms with Crippen molar-refractivity contribution in [3.8, 4) is 11.5 Å². The molecule has 1 aromatic heterocycles. The van der Waals surface area contributed by atoms with E-state index in [-0.39, 0.29) is 22.0 Å². The second kappa shape index (κ2) is 7.29. The van der Waals surface area contributed by atoms with E-state index in [4.69, 9.17) is 17.0 Å². The van der Waals surface area contributed by atoms with Crippen LogP contribution in [0.1, 0.15) is 22.6 Å². The second-order valence-corrected chi connectivity index (χ2v) is 7.56. The molecule has 0 fully saturated rings. The van der Waals surface area contributed by atoms with Gasteiger partial charge >= 0.3 is 0 Å². The average Bonchev–Trinajstić information content (AvgIpc) is 2.69. The molecule has 4 rings (SSSR count). The molecule has 0 saturated heterocycles. The van der Waals surface area contributed by atoms with Gasteiger partial charge in [-0.3, -0.25) is 9.78 Å². The molecular formula is C20H16BrN3O3S. The smallest absolute Gasteiger partial charge is 0.257 e. The summed E-state index contributed by atoms with van der Waals surface area (Å²) in [6.07, 6.45) is 1.97. The van der Waals surface area contributed by atoms with E-state index >= 15 is 0 Å². The van der Waals surface area contributed by atoms with Crippen molar-refractivity contribution in [3.63, 3.8) is 0 Å². The molecule has 1 atom stereocenters. The number of anilines is 1. The molecule has 0 amide bonds. The molecule has 1 aliphatic heterocycles. The van der Waals surface area contributed by atoms with E-state index in [2.05, 4.69) is 31.2 Å². The zero-order valence-corrected chi connectivity index (χ0v) is 17.1. The molecule has 0 bridgehead atoms. The quantitative estimate of drug-likeness (QED) is 0.434. The Hall–Kier alpha value is -2.84. The Bertz CT molecular complexity index is 1200. The highest BCUT2D eigenvalue weighted by Crippen LogP contribution is 2.42. The van der Waals surface area contributed by atoms with Crippen LogP contribution in [0, 0.1) is 4.77 Å². The first kappa shape index (κ1) is 18.5. The van der Waals surface area contributed by atoms with Gasteiger partial charge in [-0.2, -0.15) is 0 Å². The van der Waals surface area contributed by atoms with Crippen molar-refractivity contribution in [1.29, 1.82) is 0 Å². The topological polar surface area (TPSA) is 90.1 Å². The number of methoxy groups -OCH3 is 1. The molecule has 2 aromatic carbocycles. The van der Waals surface area contributed by atoms with Gasteiger partial charge in [-0.25, -0.2) is 0 Å². The summed E-state index contributed by atoms with van der Waals surface area (Å²) in [4.78, 5) is 18.4. The number of allylic oxidation sites excluding steroid dienone is 1. The van der Waals surface area contributed by atoms with E-state index in [1.54, 1.807) is 12.1 Å². The van der Waals surface area contributed by atoms with Gasteiger partial charge < -0.3 is 20.1 Å². The minimum atomic E-state index is -0.382. The molecule has 28 heavy (non-hydrogen) atoms. The standard InChI is InChI=1S/C20H16BrN3O3S/c1-27-15-8-11(7-13(21)17(15)25)12-9-14(10-5-3-2-4-6-10)22-18-16(12)19(26)24-20(28)23-18/h2-9,12,25H,1H3,(H3,22,23,24,26,28). The number of phenols is 1.